The molecule has 0 bridgehead atoms. The van der Waals surface area contributed by atoms with E-state index in [0.717, 1.165) is 16.9 Å². The first kappa shape index (κ1) is 14.8. The van der Waals surface area contributed by atoms with Gasteiger partial charge in [0.25, 0.3) is 0 Å². The average Bonchev–Trinajstić information content (AvgIpc) is 2.60. The van der Waals surface area contributed by atoms with Crippen LogP contribution in [0.4, 0.5) is 0 Å². The molecule has 110 valence electrons. The number of rotatable bonds is 2. The van der Waals surface area contributed by atoms with Crippen molar-refractivity contribution >= 4 is 5.97 Å². The van der Waals surface area contributed by atoms with Crippen molar-refractivity contribution in [3.63, 3.8) is 0 Å². The molecule has 0 saturated heterocycles. The summed E-state index contributed by atoms with van der Waals surface area (Å²) in [5.74, 6) is 6.49. The lowest BCUT2D eigenvalue weighted by Gasteiger charge is -2.33. The molecule has 2 rings (SSSR count). The van der Waals surface area contributed by atoms with Gasteiger partial charge in [0.05, 0.1) is 7.11 Å². The van der Waals surface area contributed by atoms with Crippen LogP contribution in [0.25, 0.3) is 0 Å². The molecule has 0 saturated carbocycles. The SMILES string of the molecule is COc1ccc2c(c1)CN(N)C2(C)C(=O)OC(C)(C)C. The van der Waals surface area contributed by atoms with Gasteiger partial charge in [-0.25, -0.2) is 9.80 Å². The van der Waals surface area contributed by atoms with Crippen molar-refractivity contribution in [1.82, 2.24) is 5.01 Å². The number of hydrogen-bond donors (Lipinski definition) is 1. The first-order valence-electron chi connectivity index (χ1n) is 6.61. The van der Waals surface area contributed by atoms with Gasteiger partial charge in [0.15, 0.2) is 5.54 Å². The second-order valence-electron chi connectivity index (χ2n) is 6.23. The zero-order valence-electron chi connectivity index (χ0n) is 12.7. The van der Waals surface area contributed by atoms with Crippen LogP contribution in [-0.2, 0) is 21.6 Å². The third kappa shape index (κ3) is 2.39. The number of methoxy groups -OCH3 is 1. The maximum atomic E-state index is 12.5. The number of hydrazine groups is 1. The Labute approximate surface area is 119 Å². The molecule has 5 heteroatoms. The van der Waals surface area contributed by atoms with Gasteiger partial charge in [-0.05, 0) is 51.0 Å². The van der Waals surface area contributed by atoms with Gasteiger partial charge in [-0.1, -0.05) is 6.07 Å². The van der Waals surface area contributed by atoms with Crippen LogP contribution in [0.1, 0.15) is 38.8 Å². The number of benzene rings is 1. The number of hydrogen-bond acceptors (Lipinski definition) is 5. The Kier molecular flexibility index (Phi) is 3.52. The molecule has 0 aliphatic carbocycles. The minimum absolute atomic E-state index is 0.337. The monoisotopic (exact) mass is 278 g/mol. The van der Waals surface area contributed by atoms with E-state index in [1.165, 1.54) is 5.01 Å². The van der Waals surface area contributed by atoms with Crippen molar-refractivity contribution in [3.8, 4) is 5.75 Å². The number of carbonyl (C=O) groups excluding carboxylic acids is 1. The predicted molar refractivity (Wildman–Crippen MR) is 75.9 cm³/mol. The Hall–Kier alpha value is -1.59. The van der Waals surface area contributed by atoms with Crippen molar-refractivity contribution in [2.24, 2.45) is 5.84 Å². The van der Waals surface area contributed by atoms with Crippen LogP contribution >= 0.6 is 0 Å². The molecule has 0 amide bonds. The van der Waals surface area contributed by atoms with E-state index in [-0.39, 0.29) is 5.97 Å². The Morgan fingerprint density at radius 1 is 1.40 bits per heavy atom. The maximum Gasteiger partial charge on any atom is 0.332 e. The molecule has 20 heavy (non-hydrogen) atoms. The van der Waals surface area contributed by atoms with E-state index in [0.29, 0.717) is 6.54 Å². The molecule has 5 nitrogen and oxygen atoms in total. The van der Waals surface area contributed by atoms with Crippen molar-refractivity contribution in [2.45, 2.75) is 45.4 Å². The number of fused-ring (bicyclic) bond motifs is 1. The molecular weight excluding hydrogens is 256 g/mol. The summed E-state index contributed by atoms with van der Waals surface area (Å²) in [5, 5.41) is 1.52. The number of ether oxygens (including phenoxy) is 2. The predicted octanol–water partition coefficient (Wildman–Crippen LogP) is 1.94. The summed E-state index contributed by atoms with van der Waals surface area (Å²) >= 11 is 0. The highest BCUT2D eigenvalue weighted by Gasteiger charge is 2.48. The number of nitrogens with two attached hydrogens (primary N) is 1. The fraction of sp³-hybridized carbons (Fsp3) is 0.533. The van der Waals surface area contributed by atoms with Gasteiger partial charge >= 0.3 is 5.97 Å². The van der Waals surface area contributed by atoms with Gasteiger partial charge in [-0.3, -0.25) is 5.84 Å². The summed E-state index contributed by atoms with van der Waals surface area (Å²) in [6, 6.07) is 5.62. The summed E-state index contributed by atoms with van der Waals surface area (Å²) in [6.45, 7) is 7.82. The van der Waals surface area contributed by atoms with E-state index < -0.39 is 11.1 Å². The van der Waals surface area contributed by atoms with E-state index in [1.807, 2.05) is 39.0 Å². The highest BCUT2D eigenvalue weighted by Crippen LogP contribution is 2.40. The molecule has 0 aromatic heterocycles. The number of nitrogens with zero attached hydrogens (tertiary/aromatic N) is 1. The lowest BCUT2D eigenvalue weighted by Crippen LogP contribution is -2.51. The van der Waals surface area contributed by atoms with E-state index in [1.54, 1.807) is 14.0 Å². The molecule has 1 aromatic rings. The molecule has 0 spiro atoms. The van der Waals surface area contributed by atoms with E-state index >= 15 is 0 Å². The van der Waals surface area contributed by atoms with Crippen LogP contribution < -0.4 is 10.6 Å². The highest BCUT2D eigenvalue weighted by molar-refractivity contribution is 5.84. The van der Waals surface area contributed by atoms with Gasteiger partial charge in [0.1, 0.15) is 11.4 Å². The summed E-state index contributed by atoms with van der Waals surface area (Å²) in [7, 11) is 1.62. The zero-order chi connectivity index (χ0) is 15.1. The van der Waals surface area contributed by atoms with Gasteiger partial charge < -0.3 is 9.47 Å². The van der Waals surface area contributed by atoms with E-state index in [2.05, 4.69) is 0 Å². The van der Waals surface area contributed by atoms with Crippen LogP contribution in [0.15, 0.2) is 18.2 Å². The minimum Gasteiger partial charge on any atom is -0.497 e. The lowest BCUT2D eigenvalue weighted by molar-refractivity contribution is -0.169. The normalized spacial score (nSPS) is 22.5. The molecule has 1 heterocycles. The zero-order valence-corrected chi connectivity index (χ0v) is 12.7. The van der Waals surface area contributed by atoms with Crippen LogP contribution in [0, 0.1) is 0 Å². The molecule has 2 N–H and O–H groups in total. The molecule has 0 radical (unpaired) electrons. The van der Waals surface area contributed by atoms with Gasteiger partial charge in [0, 0.05) is 6.54 Å². The summed E-state index contributed by atoms with van der Waals surface area (Å²) in [5.41, 5.74) is 0.348. The van der Waals surface area contributed by atoms with Crippen molar-refractivity contribution < 1.29 is 14.3 Å². The fourth-order valence-corrected chi connectivity index (χ4v) is 2.40. The molecular formula is C15H22N2O3. The van der Waals surface area contributed by atoms with Crippen LogP contribution in [-0.4, -0.2) is 23.7 Å². The Morgan fingerprint density at radius 3 is 2.60 bits per heavy atom. The Balaban J connectivity index is 2.40. The molecule has 0 fully saturated rings. The van der Waals surface area contributed by atoms with E-state index in [9.17, 15) is 4.79 Å². The molecule has 1 aliphatic heterocycles. The second kappa shape index (κ2) is 4.75. The van der Waals surface area contributed by atoms with Crippen LogP contribution in [0.2, 0.25) is 0 Å². The molecule has 1 aliphatic rings. The topological polar surface area (TPSA) is 64.8 Å². The largest absolute Gasteiger partial charge is 0.497 e. The molecule has 1 aromatic carbocycles. The fourth-order valence-electron chi connectivity index (χ4n) is 2.40. The second-order valence-corrected chi connectivity index (χ2v) is 6.23. The first-order valence-corrected chi connectivity index (χ1v) is 6.61. The van der Waals surface area contributed by atoms with Gasteiger partial charge in [-0.15, -0.1) is 0 Å². The summed E-state index contributed by atoms with van der Waals surface area (Å²) < 4.78 is 10.7. The smallest absolute Gasteiger partial charge is 0.332 e. The van der Waals surface area contributed by atoms with Gasteiger partial charge in [0.2, 0.25) is 0 Å². The van der Waals surface area contributed by atoms with Crippen LogP contribution in [0.5, 0.6) is 5.75 Å². The minimum atomic E-state index is -0.963. The summed E-state index contributed by atoms with van der Waals surface area (Å²) in [4.78, 5) is 12.5. The Bertz CT molecular complexity index is 536. The van der Waals surface area contributed by atoms with Gasteiger partial charge in [-0.2, -0.15) is 0 Å². The number of esters is 1. The molecule has 1 unspecified atom stereocenters. The highest BCUT2D eigenvalue weighted by atomic mass is 16.6. The van der Waals surface area contributed by atoms with Crippen molar-refractivity contribution in [2.75, 3.05) is 7.11 Å². The maximum absolute atomic E-state index is 12.5. The number of carbonyl (C=O) groups is 1. The van der Waals surface area contributed by atoms with E-state index in [4.69, 9.17) is 15.3 Å². The Morgan fingerprint density at radius 2 is 2.05 bits per heavy atom. The summed E-state index contributed by atoms with van der Waals surface area (Å²) in [6.07, 6.45) is 0. The molecule has 1 atom stereocenters. The lowest BCUT2D eigenvalue weighted by atomic mass is 9.92. The third-order valence-corrected chi connectivity index (χ3v) is 3.55. The quantitative estimate of drug-likeness (QED) is 0.661. The van der Waals surface area contributed by atoms with Crippen molar-refractivity contribution in [3.05, 3.63) is 29.3 Å². The standard InChI is InChI=1S/C15H22N2O3/c1-14(2,3)20-13(18)15(4)12-7-6-11(19-5)8-10(12)9-17(15)16/h6-8H,9,16H2,1-5H3. The van der Waals surface area contributed by atoms with Crippen LogP contribution in [0.3, 0.4) is 0 Å². The first-order chi connectivity index (χ1) is 9.18. The average molecular weight is 278 g/mol. The third-order valence-electron chi connectivity index (χ3n) is 3.55. The van der Waals surface area contributed by atoms with Crippen molar-refractivity contribution in [1.29, 1.82) is 0 Å².